The number of hydrogen-bond donors (Lipinski definition) is 2. The molecule has 2 N–H and O–H groups in total. The Morgan fingerprint density at radius 2 is 1.79 bits per heavy atom. The first-order chi connectivity index (χ1) is 16.2. The van der Waals surface area contributed by atoms with E-state index in [2.05, 4.69) is 20.8 Å². The van der Waals surface area contributed by atoms with Crippen molar-refractivity contribution in [3.8, 4) is 5.75 Å². The van der Waals surface area contributed by atoms with Gasteiger partial charge in [0, 0.05) is 18.3 Å². The van der Waals surface area contributed by atoms with Gasteiger partial charge >= 0.3 is 0 Å². The average molecular weight is 482 g/mol. The summed E-state index contributed by atoms with van der Waals surface area (Å²) in [5.74, 6) is 1.28. The van der Waals surface area contributed by atoms with Crippen LogP contribution in [0.4, 0.5) is 5.69 Å². The van der Waals surface area contributed by atoms with Gasteiger partial charge in [-0.25, -0.2) is 0 Å². The van der Waals surface area contributed by atoms with Crippen LogP contribution >= 0.6 is 11.8 Å². The van der Waals surface area contributed by atoms with Crippen LogP contribution < -0.4 is 15.4 Å². The van der Waals surface area contributed by atoms with E-state index in [1.54, 1.807) is 31.4 Å². The minimum Gasteiger partial charge on any atom is -0.497 e. The SMILES string of the molecule is COc1ccc(C(=O)N[C@H](c2nnc(SCC(=O)Nc3cc(C)ccc3C)n2C)C(C)C)cc1. The number of rotatable bonds is 9. The lowest BCUT2D eigenvalue weighted by atomic mass is 10.0. The van der Waals surface area contributed by atoms with Gasteiger partial charge in [0.05, 0.1) is 18.9 Å². The van der Waals surface area contributed by atoms with Gasteiger partial charge in [-0.15, -0.1) is 10.2 Å². The van der Waals surface area contributed by atoms with Crippen molar-refractivity contribution in [3.05, 3.63) is 65.0 Å². The molecule has 2 amide bonds. The van der Waals surface area contributed by atoms with Crippen molar-refractivity contribution < 1.29 is 14.3 Å². The maximum Gasteiger partial charge on any atom is 0.251 e. The van der Waals surface area contributed by atoms with E-state index in [0.717, 1.165) is 16.8 Å². The zero-order valence-electron chi connectivity index (χ0n) is 20.4. The Hall–Kier alpha value is -3.33. The minimum atomic E-state index is -0.342. The van der Waals surface area contributed by atoms with Crippen molar-refractivity contribution in [2.45, 2.75) is 38.9 Å². The Balaban J connectivity index is 1.66. The van der Waals surface area contributed by atoms with Crippen molar-refractivity contribution in [2.75, 3.05) is 18.2 Å². The summed E-state index contributed by atoms with van der Waals surface area (Å²) in [6.07, 6.45) is 0. The van der Waals surface area contributed by atoms with Crippen molar-refractivity contribution in [1.82, 2.24) is 20.1 Å². The van der Waals surface area contributed by atoms with Crippen molar-refractivity contribution in [3.63, 3.8) is 0 Å². The molecule has 9 heteroatoms. The predicted octanol–water partition coefficient (Wildman–Crippen LogP) is 4.30. The molecule has 1 aromatic heterocycles. The van der Waals surface area contributed by atoms with Crippen LogP contribution in [0.25, 0.3) is 0 Å². The van der Waals surface area contributed by atoms with E-state index in [1.165, 1.54) is 11.8 Å². The van der Waals surface area contributed by atoms with Crippen LogP contribution in [0, 0.1) is 19.8 Å². The Kier molecular flexibility index (Phi) is 8.33. The van der Waals surface area contributed by atoms with E-state index in [-0.39, 0.29) is 29.5 Å². The molecular weight excluding hydrogens is 450 g/mol. The molecule has 0 saturated heterocycles. The summed E-state index contributed by atoms with van der Waals surface area (Å²) in [5, 5.41) is 15.2. The molecule has 0 aliphatic heterocycles. The second-order valence-corrected chi connectivity index (χ2v) is 9.42. The van der Waals surface area contributed by atoms with Crippen LogP contribution in [0.1, 0.15) is 47.2 Å². The fourth-order valence-electron chi connectivity index (χ4n) is 3.41. The number of benzene rings is 2. The third kappa shape index (κ3) is 6.17. The Labute approximate surface area is 204 Å². The first-order valence-corrected chi connectivity index (χ1v) is 12.0. The molecule has 34 heavy (non-hydrogen) atoms. The average Bonchev–Trinajstić information content (AvgIpc) is 3.18. The number of aromatic nitrogens is 3. The zero-order chi connectivity index (χ0) is 24.8. The Morgan fingerprint density at radius 1 is 1.09 bits per heavy atom. The van der Waals surface area contributed by atoms with Gasteiger partial charge in [-0.05, 0) is 61.2 Å². The molecule has 1 heterocycles. The Morgan fingerprint density at radius 3 is 2.44 bits per heavy atom. The molecule has 0 aliphatic rings. The lowest BCUT2D eigenvalue weighted by molar-refractivity contribution is -0.113. The standard InChI is InChI=1S/C25H31N5O3S/c1-15(2)22(27-24(32)18-9-11-19(33-6)12-10-18)23-28-29-25(30(23)5)34-14-21(31)26-20-13-16(3)7-8-17(20)4/h7-13,15,22H,14H2,1-6H3,(H,26,31)(H,27,32)/t22-/m0/s1. The molecule has 3 aromatic rings. The number of nitrogens with one attached hydrogen (secondary N) is 2. The van der Waals surface area contributed by atoms with E-state index >= 15 is 0 Å². The zero-order valence-corrected chi connectivity index (χ0v) is 21.2. The van der Waals surface area contributed by atoms with Gasteiger partial charge in [0.25, 0.3) is 5.91 Å². The molecule has 0 saturated carbocycles. The number of aryl methyl sites for hydroxylation is 2. The first-order valence-electron chi connectivity index (χ1n) is 11.0. The van der Waals surface area contributed by atoms with E-state index in [0.29, 0.717) is 22.3 Å². The van der Waals surface area contributed by atoms with Gasteiger partial charge in [-0.1, -0.05) is 37.7 Å². The van der Waals surface area contributed by atoms with Crippen LogP contribution in [0.5, 0.6) is 5.75 Å². The van der Waals surface area contributed by atoms with Crippen LogP contribution in [-0.4, -0.2) is 39.4 Å². The van der Waals surface area contributed by atoms with Gasteiger partial charge in [-0.3, -0.25) is 9.59 Å². The molecule has 0 fully saturated rings. The van der Waals surface area contributed by atoms with Crippen LogP contribution in [-0.2, 0) is 11.8 Å². The summed E-state index contributed by atoms with van der Waals surface area (Å²) in [6, 6.07) is 12.6. The summed E-state index contributed by atoms with van der Waals surface area (Å²) in [5.41, 5.74) is 3.44. The summed E-state index contributed by atoms with van der Waals surface area (Å²) in [7, 11) is 3.43. The molecule has 0 spiro atoms. The van der Waals surface area contributed by atoms with Gasteiger partial charge in [0.2, 0.25) is 5.91 Å². The monoisotopic (exact) mass is 481 g/mol. The third-order valence-corrected chi connectivity index (χ3v) is 6.47. The number of carbonyl (C=O) groups excluding carboxylic acids is 2. The highest BCUT2D eigenvalue weighted by Gasteiger charge is 2.25. The molecule has 180 valence electrons. The highest BCUT2D eigenvalue weighted by molar-refractivity contribution is 7.99. The van der Waals surface area contributed by atoms with E-state index in [4.69, 9.17) is 4.74 Å². The molecule has 0 bridgehead atoms. The maximum atomic E-state index is 12.8. The van der Waals surface area contributed by atoms with Gasteiger partial charge < -0.3 is 19.9 Å². The second-order valence-electron chi connectivity index (χ2n) is 8.48. The molecule has 0 aliphatic carbocycles. The molecule has 0 radical (unpaired) electrons. The smallest absolute Gasteiger partial charge is 0.251 e. The van der Waals surface area contributed by atoms with E-state index < -0.39 is 0 Å². The summed E-state index contributed by atoms with van der Waals surface area (Å²) in [4.78, 5) is 25.3. The topological polar surface area (TPSA) is 98.1 Å². The highest BCUT2D eigenvalue weighted by atomic mass is 32.2. The van der Waals surface area contributed by atoms with Gasteiger partial charge in [0.1, 0.15) is 5.75 Å². The summed E-state index contributed by atoms with van der Waals surface area (Å²) >= 11 is 1.30. The second kappa shape index (κ2) is 11.2. The highest BCUT2D eigenvalue weighted by Crippen LogP contribution is 2.25. The first kappa shape index (κ1) is 25.3. The van der Waals surface area contributed by atoms with Crippen LogP contribution in [0.3, 0.4) is 0 Å². The Bertz CT molecular complexity index is 1160. The number of hydrogen-bond acceptors (Lipinski definition) is 6. The number of thioether (sulfide) groups is 1. The van der Waals surface area contributed by atoms with Gasteiger partial charge in [0.15, 0.2) is 11.0 Å². The third-order valence-electron chi connectivity index (χ3n) is 5.45. The fraction of sp³-hybridized carbons (Fsp3) is 0.360. The van der Waals surface area contributed by atoms with Crippen molar-refractivity contribution >= 4 is 29.3 Å². The molecule has 3 rings (SSSR count). The number of methoxy groups -OCH3 is 1. The quantitative estimate of drug-likeness (QED) is 0.442. The number of amides is 2. The van der Waals surface area contributed by atoms with Crippen molar-refractivity contribution in [2.24, 2.45) is 13.0 Å². The number of anilines is 1. The number of ether oxygens (including phenoxy) is 1. The fourth-order valence-corrected chi connectivity index (χ4v) is 4.12. The maximum absolute atomic E-state index is 12.8. The summed E-state index contributed by atoms with van der Waals surface area (Å²) in [6.45, 7) is 7.98. The number of nitrogens with zero attached hydrogens (tertiary/aromatic N) is 3. The normalized spacial score (nSPS) is 11.9. The molecule has 8 nitrogen and oxygen atoms in total. The molecule has 0 unspecified atom stereocenters. The molecular formula is C25H31N5O3S. The molecule has 1 atom stereocenters. The number of carbonyl (C=O) groups is 2. The minimum absolute atomic E-state index is 0.0792. The largest absolute Gasteiger partial charge is 0.497 e. The van der Waals surface area contributed by atoms with Gasteiger partial charge in [-0.2, -0.15) is 0 Å². The van der Waals surface area contributed by atoms with Crippen molar-refractivity contribution in [1.29, 1.82) is 0 Å². The summed E-state index contributed by atoms with van der Waals surface area (Å²) < 4.78 is 6.98. The lowest BCUT2D eigenvalue weighted by Crippen LogP contribution is -2.33. The van der Waals surface area contributed by atoms with Crippen LogP contribution in [0.2, 0.25) is 0 Å². The lowest BCUT2D eigenvalue weighted by Gasteiger charge is -2.21. The predicted molar refractivity (Wildman–Crippen MR) is 134 cm³/mol. The van der Waals surface area contributed by atoms with E-state index in [1.807, 2.05) is 57.5 Å². The molecule has 2 aromatic carbocycles. The van der Waals surface area contributed by atoms with E-state index in [9.17, 15) is 9.59 Å². The van der Waals surface area contributed by atoms with Crippen LogP contribution in [0.15, 0.2) is 47.6 Å².